The first-order valence-electron chi connectivity index (χ1n) is 3.40. The smallest absolute Gasteiger partial charge is 0.344 e. The molecule has 0 saturated heterocycles. The molecule has 0 aromatic carbocycles. The van der Waals surface area contributed by atoms with Crippen molar-refractivity contribution < 1.29 is 14.0 Å². The zero-order valence-corrected chi connectivity index (χ0v) is 6.53. The maximum absolute atomic E-state index is 10.8. The number of amides is 2. The van der Waals surface area contributed by atoms with Crippen LogP contribution in [0.3, 0.4) is 0 Å². The summed E-state index contributed by atoms with van der Waals surface area (Å²) >= 11 is 0. The van der Waals surface area contributed by atoms with Gasteiger partial charge in [-0.05, 0) is 6.92 Å². The molecule has 0 unspecified atom stereocenters. The minimum Gasteiger partial charge on any atom is -0.449 e. The van der Waals surface area contributed by atoms with Crippen molar-refractivity contribution in [2.45, 2.75) is 6.92 Å². The van der Waals surface area contributed by atoms with Crippen LogP contribution in [0.25, 0.3) is 0 Å². The first-order valence-corrected chi connectivity index (χ1v) is 3.40. The molecular weight excluding hydrogens is 162 g/mol. The molecule has 2 amide bonds. The molecule has 6 nitrogen and oxygen atoms in total. The van der Waals surface area contributed by atoms with E-state index in [0.717, 1.165) is 0 Å². The molecule has 2 N–H and O–H groups in total. The molecule has 12 heavy (non-hydrogen) atoms. The average Bonchev–Trinajstić information content (AvgIpc) is 2.53. The lowest BCUT2D eigenvalue weighted by molar-refractivity contribution is 0.0758. The summed E-state index contributed by atoms with van der Waals surface area (Å²) in [6.07, 6.45) is 2.53. The van der Waals surface area contributed by atoms with E-state index in [0.29, 0.717) is 12.4 Å². The monoisotopic (exact) mass is 171 g/mol. The molecule has 0 aliphatic rings. The molecule has 0 aliphatic heterocycles. The normalized spacial score (nSPS) is 9.42. The van der Waals surface area contributed by atoms with Crippen molar-refractivity contribution in [1.29, 1.82) is 0 Å². The Morgan fingerprint density at radius 3 is 3.25 bits per heavy atom. The van der Waals surface area contributed by atoms with Gasteiger partial charge in [0.2, 0.25) is 0 Å². The summed E-state index contributed by atoms with van der Waals surface area (Å²) < 4.78 is 4.63. The van der Waals surface area contributed by atoms with Gasteiger partial charge in [-0.3, -0.25) is 10.2 Å². The van der Waals surface area contributed by atoms with Crippen LogP contribution in [0.15, 0.2) is 17.1 Å². The first kappa shape index (κ1) is 8.54. The van der Waals surface area contributed by atoms with Crippen LogP contribution in [-0.4, -0.2) is 17.6 Å². The van der Waals surface area contributed by atoms with E-state index >= 15 is 0 Å². The number of carbonyl (C=O) groups excluding carboxylic acids is 1. The van der Waals surface area contributed by atoms with Gasteiger partial charge < -0.3 is 4.42 Å². The van der Waals surface area contributed by atoms with Crippen LogP contribution in [0, 0.1) is 0 Å². The Morgan fingerprint density at radius 1 is 1.83 bits per heavy atom. The fourth-order valence-corrected chi connectivity index (χ4v) is 0.554. The number of hydrogen-bond donors (Lipinski definition) is 2. The summed E-state index contributed by atoms with van der Waals surface area (Å²) in [7, 11) is 0. The largest absolute Gasteiger partial charge is 0.449 e. The standard InChI is InChI=1S/C6H9N3O3/c1-2-12-9-6(10)8-5-3-11-4-7-5/h3-4H,2H2,1H3,(H2,8,9,10). The maximum atomic E-state index is 10.8. The maximum Gasteiger partial charge on any atom is 0.344 e. The van der Waals surface area contributed by atoms with Crippen LogP contribution in [0.1, 0.15) is 6.92 Å². The number of carbonyl (C=O) groups is 1. The summed E-state index contributed by atoms with van der Waals surface area (Å²) in [6.45, 7) is 2.17. The molecule has 1 aromatic heterocycles. The van der Waals surface area contributed by atoms with E-state index in [2.05, 4.69) is 25.0 Å². The van der Waals surface area contributed by atoms with Crippen LogP contribution in [0.4, 0.5) is 10.6 Å². The molecule has 0 radical (unpaired) electrons. The van der Waals surface area contributed by atoms with E-state index < -0.39 is 6.03 Å². The van der Waals surface area contributed by atoms with Crippen molar-refractivity contribution in [1.82, 2.24) is 10.5 Å². The van der Waals surface area contributed by atoms with Crippen LogP contribution in [0.2, 0.25) is 0 Å². The van der Waals surface area contributed by atoms with Gasteiger partial charge in [-0.1, -0.05) is 0 Å². The Hall–Kier alpha value is -1.56. The highest BCUT2D eigenvalue weighted by molar-refractivity contribution is 5.87. The van der Waals surface area contributed by atoms with Crippen molar-refractivity contribution in [3.05, 3.63) is 12.7 Å². The summed E-state index contributed by atoms with van der Waals surface area (Å²) in [6, 6.07) is -0.481. The van der Waals surface area contributed by atoms with Gasteiger partial charge in [0.15, 0.2) is 12.2 Å². The third-order valence-corrected chi connectivity index (χ3v) is 0.983. The summed E-state index contributed by atoms with van der Waals surface area (Å²) in [5.74, 6) is 0.340. The SMILES string of the molecule is CCONC(=O)Nc1cocn1. The predicted octanol–water partition coefficient (Wildman–Crippen LogP) is 0.748. The number of nitrogens with zero attached hydrogens (tertiary/aromatic N) is 1. The minimum absolute atomic E-state index is 0.340. The quantitative estimate of drug-likeness (QED) is 0.658. The van der Waals surface area contributed by atoms with Gasteiger partial charge in [0.05, 0.1) is 6.61 Å². The average molecular weight is 171 g/mol. The number of rotatable bonds is 3. The van der Waals surface area contributed by atoms with Crippen molar-refractivity contribution in [2.75, 3.05) is 11.9 Å². The second kappa shape index (κ2) is 4.35. The summed E-state index contributed by atoms with van der Waals surface area (Å²) in [5, 5.41) is 2.38. The van der Waals surface area contributed by atoms with Crippen molar-refractivity contribution >= 4 is 11.8 Å². The number of oxazole rings is 1. The first-order chi connectivity index (χ1) is 5.83. The highest BCUT2D eigenvalue weighted by Gasteiger charge is 2.01. The number of urea groups is 1. The van der Waals surface area contributed by atoms with Crippen LogP contribution >= 0.6 is 0 Å². The molecule has 1 heterocycles. The van der Waals surface area contributed by atoms with E-state index in [4.69, 9.17) is 0 Å². The van der Waals surface area contributed by atoms with E-state index in [-0.39, 0.29) is 0 Å². The van der Waals surface area contributed by atoms with E-state index in [1.165, 1.54) is 12.7 Å². The number of hydroxylamine groups is 1. The van der Waals surface area contributed by atoms with Gasteiger partial charge in [-0.25, -0.2) is 10.3 Å². The van der Waals surface area contributed by atoms with Gasteiger partial charge in [0, 0.05) is 0 Å². The molecule has 0 aliphatic carbocycles. The van der Waals surface area contributed by atoms with Crippen LogP contribution in [-0.2, 0) is 4.84 Å². The lowest BCUT2D eigenvalue weighted by Gasteiger charge is -2.02. The van der Waals surface area contributed by atoms with E-state index in [1.54, 1.807) is 6.92 Å². The van der Waals surface area contributed by atoms with Gasteiger partial charge in [0.25, 0.3) is 0 Å². The molecule has 6 heteroatoms. The highest BCUT2D eigenvalue weighted by Crippen LogP contribution is 1.99. The molecule has 0 fully saturated rings. The summed E-state index contributed by atoms with van der Waals surface area (Å²) in [4.78, 5) is 19.1. The number of hydrogen-bond acceptors (Lipinski definition) is 4. The van der Waals surface area contributed by atoms with Gasteiger partial charge in [0.1, 0.15) is 6.26 Å². The number of anilines is 1. The lowest BCUT2D eigenvalue weighted by Crippen LogP contribution is -2.28. The zero-order chi connectivity index (χ0) is 8.81. The molecule has 1 rings (SSSR count). The Kier molecular flexibility index (Phi) is 3.09. The van der Waals surface area contributed by atoms with E-state index in [9.17, 15) is 4.79 Å². The predicted molar refractivity (Wildman–Crippen MR) is 40.3 cm³/mol. The fraction of sp³-hybridized carbons (Fsp3) is 0.333. The minimum atomic E-state index is -0.481. The zero-order valence-electron chi connectivity index (χ0n) is 6.53. The van der Waals surface area contributed by atoms with Crippen molar-refractivity contribution in [3.8, 4) is 0 Å². The lowest BCUT2D eigenvalue weighted by atomic mass is 10.7. The second-order valence-electron chi connectivity index (χ2n) is 1.86. The molecule has 0 bridgehead atoms. The Morgan fingerprint density at radius 2 is 2.67 bits per heavy atom. The van der Waals surface area contributed by atoms with Crippen LogP contribution in [0.5, 0.6) is 0 Å². The highest BCUT2D eigenvalue weighted by atomic mass is 16.7. The Labute approximate surface area is 68.9 Å². The fourth-order valence-electron chi connectivity index (χ4n) is 0.554. The van der Waals surface area contributed by atoms with Gasteiger partial charge >= 0.3 is 6.03 Å². The molecule has 0 atom stereocenters. The number of nitrogens with one attached hydrogen (secondary N) is 2. The number of aromatic nitrogens is 1. The topological polar surface area (TPSA) is 76.4 Å². The Bertz CT molecular complexity index is 234. The van der Waals surface area contributed by atoms with Gasteiger partial charge in [-0.15, -0.1) is 0 Å². The second-order valence-corrected chi connectivity index (χ2v) is 1.86. The third-order valence-electron chi connectivity index (χ3n) is 0.983. The van der Waals surface area contributed by atoms with Crippen molar-refractivity contribution in [2.24, 2.45) is 0 Å². The third kappa shape index (κ3) is 2.59. The molecule has 1 aromatic rings. The molecular formula is C6H9N3O3. The molecule has 66 valence electrons. The van der Waals surface area contributed by atoms with Crippen LogP contribution < -0.4 is 10.8 Å². The molecule has 0 saturated carbocycles. The summed E-state index contributed by atoms with van der Waals surface area (Å²) in [5.41, 5.74) is 2.14. The molecule has 0 spiro atoms. The van der Waals surface area contributed by atoms with E-state index in [1.807, 2.05) is 0 Å². The Balaban J connectivity index is 2.27. The van der Waals surface area contributed by atoms with Crippen molar-refractivity contribution in [3.63, 3.8) is 0 Å². The van der Waals surface area contributed by atoms with Gasteiger partial charge in [-0.2, -0.15) is 4.98 Å².